The Labute approximate surface area is 146 Å². The van der Waals surface area contributed by atoms with Crippen LogP contribution in [-0.4, -0.2) is 41.2 Å². The van der Waals surface area contributed by atoms with Crippen molar-refractivity contribution in [1.82, 2.24) is 15.2 Å². The second-order valence-corrected chi connectivity index (χ2v) is 7.86. The van der Waals surface area contributed by atoms with Gasteiger partial charge in [-0.3, -0.25) is 0 Å². The molecule has 1 N–H and O–H groups in total. The van der Waals surface area contributed by atoms with Crippen LogP contribution >= 0.6 is 15.9 Å². The van der Waals surface area contributed by atoms with Crippen LogP contribution in [0.25, 0.3) is 0 Å². The summed E-state index contributed by atoms with van der Waals surface area (Å²) < 4.78 is 6.32. The van der Waals surface area contributed by atoms with Crippen LogP contribution in [0.2, 0.25) is 0 Å². The highest BCUT2D eigenvalue weighted by molar-refractivity contribution is 9.10. The summed E-state index contributed by atoms with van der Waals surface area (Å²) in [6, 6.07) is 4.02. The molecule has 1 aliphatic rings. The van der Waals surface area contributed by atoms with Crippen LogP contribution in [0.15, 0.2) is 22.9 Å². The van der Waals surface area contributed by atoms with Crippen LogP contribution in [0, 0.1) is 5.92 Å². The molecule has 0 saturated carbocycles. The molecule has 128 valence electrons. The lowest BCUT2D eigenvalue weighted by Gasteiger charge is -2.34. The van der Waals surface area contributed by atoms with Gasteiger partial charge in [-0.05, 0) is 79.7 Å². The van der Waals surface area contributed by atoms with Gasteiger partial charge in [0, 0.05) is 25.8 Å². The van der Waals surface area contributed by atoms with Gasteiger partial charge in [0.1, 0.15) is 10.2 Å². The molecular weight excluding hydrogens is 358 g/mol. The topological polar surface area (TPSA) is 54.5 Å². The van der Waals surface area contributed by atoms with E-state index in [0.717, 1.165) is 43.6 Å². The second kappa shape index (κ2) is 8.11. The standard InChI is InChI=1S/C17H26BrN3O2/c1-17(2,3)23-16(22)21-8-4-5-14(12-21)11-19-10-13-6-7-20-15(18)9-13/h6-7,9,14,19H,4-5,8,10-12H2,1-3H3/t14-/m1/s1. The minimum Gasteiger partial charge on any atom is -0.444 e. The summed E-state index contributed by atoms with van der Waals surface area (Å²) >= 11 is 3.38. The van der Waals surface area contributed by atoms with Crippen LogP contribution in [0.1, 0.15) is 39.2 Å². The molecule has 5 nitrogen and oxygen atoms in total. The van der Waals surface area contributed by atoms with E-state index >= 15 is 0 Å². The highest BCUT2D eigenvalue weighted by Crippen LogP contribution is 2.19. The van der Waals surface area contributed by atoms with Crippen LogP contribution in [-0.2, 0) is 11.3 Å². The molecule has 0 aliphatic carbocycles. The number of carbonyl (C=O) groups is 1. The van der Waals surface area contributed by atoms with Crippen LogP contribution in [0.4, 0.5) is 4.79 Å². The molecule has 1 amide bonds. The fraction of sp³-hybridized carbons (Fsp3) is 0.647. The highest BCUT2D eigenvalue weighted by atomic mass is 79.9. The van der Waals surface area contributed by atoms with E-state index in [1.165, 1.54) is 5.56 Å². The number of piperidine rings is 1. The van der Waals surface area contributed by atoms with Gasteiger partial charge >= 0.3 is 6.09 Å². The Balaban J connectivity index is 1.76. The monoisotopic (exact) mass is 383 g/mol. The van der Waals surface area contributed by atoms with Gasteiger partial charge in [0.25, 0.3) is 0 Å². The number of aromatic nitrogens is 1. The Morgan fingerprint density at radius 1 is 1.52 bits per heavy atom. The Hall–Kier alpha value is -1.14. The number of likely N-dealkylation sites (tertiary alicyclic amines) is 1. The van der Waals surface area contributed by atoms with E-state index in [1.54, 1.807) is 6.20 Å². The number of hydrogen-bond acceptors (Lipinski definition) is 4. The maximum atomic E-state index is 12.2. The van der Waals surface area contributed by atoms with Crippen molar-refractivity contribution in [2.75, 3.05) is 19.6 Å². The second-order valence-electron chi connectivity index (χ2n) is 7.05. The third-order valence-electron chi connectivity index (χ3n) is 3.72. The number of pyridine rings is 1. The van der Waals surface area contributed by atoms with Crippen LogP contribution < -0.4 is 5.32 Å². The highest BCUT2D eigenvalue weighted by Gasteiger charge is 2.27. The normalized spacial score (nSPS) is 18.8. The van der Waals surface area contributed by atoms with Gasteiger partial charge in [-0.25, -0.2) is 9.78 Å². The van der Waals surface area contributed by atoms with Crippen molar-refractivity contribution in [3.05, 3.63) is 28.5 Å². The number of nitrogens with zero attached hydrogens (tertiary/aromatic N) is 2. The molecule has 0 bridgehead atoms. The smallest absolute Gasteiger partial charge is 0.410 e. The zero-order chi connectivity index (χ0) is 16.9. The number of hydrogen-bond donors (Lipinski definition) is 1. The molecule has 6 heteroatoms. The summed E-state index contributed by atoms with van der Waals surface area (Å²) in [6.45, 7) is 8.98. The van der Waals surface area contributed by atoms with E-state index < -0.39 is 5.60 Å². The molecule has 0 spiro atoms. The van der Waals surface area contributed by atoms with Crippen molar-refractivity contribution < 1.29 is 9.53 Å². The number of rotatable bonds is 4. The molecule has 1 atom stereocenters. The Bertz CT molecular complexity index is 531. The van der Waals surface area contributed by atoms with Crippen molar-refractivity contribution in [3.8, 4) is 0 Å². The molecule has 1 aliphatic heterocycles. The fourth-order valence-electron chi connectivity index (χ4n) is 2.70. The SMILES string of the molecule is CC(C)(C)OC(=O)N1CCC[C@H](CNCc2ccnc(Br)c2)C1. The van der Waals surface area contributed by atoms with Crippen LogP contribution in [0.3, 0.4) is 0 Å². The molecule has 2 rings (SSSR count). The maximum Gasteiger partial charge on any atom is 0.410 e. The predicted molar refractivity (Wildman–Crippen MR) is 94.2 cm³/mol. The molecule has 1 aromatic rings. The summed E-state index contributed by atoms with van der Waals surface area (Å²) in [6.07, 6.45) is 3.78. The summed E-state index contributed by atoms with van der Waals surface area (Å²) in [5.41, 5.74) is 0.767. The summed E-state index contributed by atoms with van der Waals surface area (Å²) in [5.74, 6) is 0.474. The Kier molecular flexibility index (Phi) is 6.41. The third-order valence-corrected chi connectivity index (χ3v) is 4.16. The van der Waals surface area contributed by atoms with E-state index in [-0.39, 0.29) is 6.09 Å². The first kappa shape index (κ1) is 18.2. The zero-order valence-electron chi connectivity index (χ0n) is 14.1. The van der Waals surface area contributed by atoms with Gasteiger partial charge in [0.15, 0.2) is 0 Å². The molecule has 23 heavy (non-hydrogen) atoms. The minimum atomic E-state index is -0.434. The predicted octanol–water partition coefficient (Wildman–Crippen LogP) is 3.58. The van der Waals surface area contributed by atoms with Crippen LogP contribution in [0.5, 0.6) is 0 Å². The molecular formula is C17H26BrN3O2. The van der Waals surface area contributed by atoms with E-state index in [9.17, 15) is 4.79 Å². The molecule has 0 aromatic carbocycles. The van der Waals surface area contributed by atoms with Gasteiger partial charge in [0.05, 0.1) is 0 Å². The largest absolute Gasteiger partial charge is 0.444 e. The van der Waals surface area contributed by atoms with Gasteiger partial charge < -0.3 is 15.0 Å². The van der Waals surface area contributed by atoms with E-state index in [0.29, 0.717) is 5.92 Å². The number of carbonyl (C=O) groups excluding carboxylic acids is 1. The molecule has 0 radical (unpaired) electrons. The molecule has 0 unspecified atom stereocenters. The summed E-state index contributed by atoms with van der Waals surface area (Å²) in [7, 11) is 0. The Morgan fingerprint density at radius 2 is 2.30 bits per heavy atom. The van der Waals surface area contributed by atoms with Crippen molar-refractivity contribution in [1.29, 1.82) is 0 Å². The van der Waals surface area contributed by atoms with Gasteiger partial charge in [-0.15, -0.1) is 0 Å². The number of ether oxygens (including phenoxy) is 1. The first-order chi connectivity index (χ1) is 10.8. The molecule has 2 heterocycles. The van der Waals surface area contributed by atoms with Crippen molar-refractivity contribution in [2.24, 2.45) is 5.92 Å². The average molecular weight is 384 g/mol. The number of nitrogens with one attached hydrogen (secondary N) is 1. The fourth-order valence-corrected chi connectivity index (χ4v) is 3.11. The Morgan fingerprint density at radius 3 is 3.00 bits per heavy atom. The lowest BCUT2D eigenvalue weighted by molar-refractivity contribution is 0.0166. The zero-order valence-corrected chi connectivity index (χ0v) is 15.7. The lowest BCUT2D eigenvalue weighted by atomic mass is 9.98. The van der Waals surface area contributed by atoms with Crippen molar-refractivity contribution in [3.63, 3.8) is 0 Å². The maximum absolute atomic E-state index is 12.2. The number of halogens is 1. The lowest BCUT2D eigenvalue weighted by Crippen LogP contribution is -2.45. The van der Waals surface area contributed by atoms with Crippen molar-refractivity contribution >= 4 is 22.0 Å². The summed E-state index contributed by atoms with van der Waals surface area (Å²) in [5, 5.41) is 3.48. The molecule has 1 saturated heterocycles. The first-order valence-corrected chi connectivity index (χ1v) is 8.92. The van der Waals surface area contributed by atoms with Gasteiger partial charge in [-0.2, -0.15) is 0 Å². The van der Waals surface area contributed by atoms with E-state index in [2.05, 4.69) is 26.2 Å². The van der Waals surface area contributed by atoms with E-state index in [1.807, 2.05) is 37.8 Å². The van der Waals surface area contributed by atoms with Gasteiger partial charge in [0.2, 0.25) is 0 Å². The average Bonchev–Trinajstić information content (AvgIpc) is 2.46. The van der Waals surface area contributed by atoms with E-state index in [4.69, 9.17) is 4.74 Å². The van der Waals surface area contributed by atoms with Gasteiger partial charge in [-0.1, -0.05) is 0 Å². The molecule has 1 aromatic heterocycles. The number of amides is 1. The quantitative estimate of drug-likeness (QED) is 0.807. The summed E-state index contributed by atoms with van der Waals surface area (Å²) in [4.78, 5) is 18.1. The third kappa shape index (κ3) is 6.47. The van der Waals surface area contributed by atoms with Crippen molar-refractivity contribution in [2.45, 2.75) is 45.8 Å². The first-order valence-electron chi connectivity index (χ1n) is 8.12. The minimum absolute atomic E-state index is 0.194. The molecule has 1 fully saturated rings.